The van der Waals surface area contributed by atoms with Crippen LogP contribution in [0.1, 0.15) is 16.6 Å². The van der Waals surface area contributed by atoms with Crippen molar-refractivity contribution in [2.45, 2.75) is 17.5 Å². The van der Waals surface area contributed by atoms with E-state index in [9.17, 15) is 8.78 Å². The van der Waals surface area contributed by atoms with Crippen molar-refractivity contribution in [3.8, 4) is 0 Å². The number of imidazole rings is 1. The zero-order valence-electron chi connectivity index (χ0n) is 10.1. The Labute approximate surface area is 115 Å². The third kappa shape index (κ3) is 1.95. The Balaban J connectivity index is 2.10. The van der Waals surface area contributed by atoms with Crippen molar-refractivity contribution in [3.63, 3.8) is 0 Å². The molecule has 0 radical (unpaired) electrons. The summed E-state index contributed by atoms with van der Waals surface area (Å²) in [5.74, 6) is -0.420. The fourth-order valence-corrected chi connectivity index (χ4v) is 2.99. The maximum Gasteiger partial charge on any atom is 0.128 e. The van der Waals surface area contributed by atoms with E-state index in [1.54, 1.807) is 35.3 Å². The first-order chi connectivity index (χ1) is 9.16. The van der Waals surface area contributed by atoms with E-state index in [1.165, 1.54) is 6.07 Å². The summed E-state index contributed by atoms with van der Waals surface area (Å²) in [5, 5.41) is 2.68. The minimum atomic E-state index is -1.11. The van der Waals surface area contributed by atoms with Crippen LogP contribution in [0.5, 0.6) is 0 Å². The fourth-order valence-electron chi connectivity index (χ4n) is 2.53. The molecule has 19 heavy (non-hydrogen) atoms. The van der Waals surface area contributed by atoms with E-state index < -0.39 is 18.0 Å². The van der Waals surface area contributed by atoms with Crippen molar-refractivity contribution in [2.75, 3.05) is 6.67 Å². The van der Waals surface area contributed by atoms with E-state index in [2.05, 4.69) is 22.9 Å². The number of thiol groups is 1. The number of nitrogens with one attached hydrogen (secondary N) is 1. The van der Waals surface area contributed by atoms with Gasteiger partial charge in [0.15, 0.2) is 0 Å². The topological polar surface area (TPSA) is 29.9 Å². The Morgan fingerprint density at radius 2 is 2.26 bits per heavy atom. The number of fused-ring (bicyclic) bond motifs is 1. The van der Waals surface area contributed by atoms with Crippen LogP contribution in [0.2, 0.25) is 0 Å². The molecule has 0 fully saturated rings. The van der Waals surface area contributed by atoms with Crippen LogP contribution in [0.15, 0.2) is 36.8 Å². The number of rotatable bonds is 2. The summed E-state index contributed by atoms with van der Waals surface area (Å²) >= 11 is 4.40. The van der Waals surface area contributed by atoms with Crippen LogP contribution in [0.3, 0.4) is 0 Å². The Morgan fingerprint density at radius 3 is 3.00 bits per heavy atom. The Bertz CT molecular complexity index is 601. The van der Waals surface area contributed by atoms with Gasteiger partial charge in [0, 0.05) is 12.1 Å². The number of hydrogen-bond acceptors (Lipinski definition) is 3. The first kappa shape index (κ1) is 12.6. The van der Waals surface area contributed by atoms with Gasteiger partial charge in [-0.05, 0) is 6.07 Å². The molecule has 0 aliphatic carbocycles. The zero-order valence-corrected chi connectivity index (χ0v) is 10.9. The molecule has 6 heteroatoms. The van der Waals surface area contributed by atoms with Gasteiger partial charge in [0.25, 0.3) is 0 Å². The standard InChI is InChI=1S/C13H13F2N3S/c14-6-13(9-3-1-2-4-10(9)15)7-18-8-16-5-11(18)12(19)17-13/h1-5,8,12,17,19H,6-7H2. The molecule has 1 aromatic carbocycles. The van der Waals surface area contributed by atoms with Crippen LogP contribution in [0.4, 0.5) is 8.78 Å². The maximum absolute atomic E-state index is 14.0. The minimum absolute atomic E-state index is 0.289. The van der Waals surface area contributed by atoms with E-state index in [0.717, 1.165) is 5.69 Å². The summed E-state index contributed by atoms with van der Waals surface area (Å²) in [6.07, 6.45) is 3.29. The molecule has 1 N–H and O–H groups in total. The summed E-state index contributed by atoms with van der Waals surface area (Å²) in [5.41, 5.74) is 0.0606. The molecule has 2 aromatic rings. The van der Waals surface area contributed by atoms with E-state index in [-0.39, 0.29) is 11.9 Å². The Kier molecular flexibility index (Phi) is 3.06. The monoisotopic (exact) mass is 281 g/mol. The van der Waals surface area contributed by atoms with Crippen molar-refractivity contribution in [2.24, 2.45) is 0 Å². The van der Waals surface area contributed by atoms with Gasteiger partial charge < -0.3 is 4.57 Å². The van der Waals surface area contributed by atoms with Crippen molar-refractivity contribution in [1.82, 2.24) is 14.9 Å². The lowest BCUT2D eigenvalue weighted by atomic mass is 9.88. The van der Waals surface area contributed by atoms with Crippen molar-refractivity contribution >= 4 is 12.6 Å². The molecule has 1 aliphatic heterocycles. The average Bonchev–Trinajstić information content (AvgIpc) is 2.87. The molecule has 0 amide bonds. The van der Waals surface area contributed by atoms with Gasteiger partial charge in [-0.15, -0.1) is 0 Å². The SMILES string of the molecule is FCC1(c2ccccc2F)Cn2cncc2C(S)N1. The lowest BCUT2D eigenvalue weighted by Gasteiger charge is -2.40. The fraction of sp³-hybridized carbons (Fsp3) is 0.308. The van der Waals surface area contributed by atoms with E-state index in [1.807, 2.05) is 0 Å². The predicted octanol–water partition coefficient (Wildman–Crippen LogP) is 2.42. The van der Waals surface area contributed by atoms with Crippen LogP contribution in [0.25, 0.3) is 0 Å². The minimum Gasteiger partial charge on any atom is -0.330 e. The molecule has 3 nitrogen and oxygen atoms in total. The molecule has 0 saturated heterocycles. The van der Waals surface area contributed by atoms with Gasteiger partial charge >= 0.3 is 0 Å². The highest BCUT2D eigenvalue weighted by Gasteiger charge is 2.41. The molecular formula is C13H13F2N3S. The lowest BCUT2D eigenvalue weighted by molar-refractivity contribution is 0.182. The van der Waals surface area contributed by atoms with Crippen LogP contribution in [-0.4, -0.2) is 16.2 Å². The summed E-state index contributed by atoms with van der Waals surface area (Å²) in [7, 11) is 0. The van der Waals surface area contributed by atoms with E-state index >= 15 is 0 Å². The van der Waals surface area contributed by atoms with Gasteiger partial charge in [-0.3, -0.25) is 5.32 Å². The second-order valence-electron chi connectivity index (χ2n) is 4.69. The van der Waals surface area contributed by atoms with Crippen LogP contribution < -0.4 is 5.32 Å². The molecule has 3 rings (SSSR count). The third-order valence-corrected chi connectivity index (χ3v) is 3.89. The third-order valence-electron chi connectivity index (χ3n) is 3.50. The van der Waals surface area contributed by atoms with Crippen molar-refractivity contribution in [1.29, 1.82) is 0 Å². The molecule has 2 atom stereocenters. The normalized spacial score (nSPS) is 26.2. The lowest BCUT2D eigenvalue weighted by Crippen LogP contribution is -2.52. The van der Waals surface area contributed by atoms with Crippen LogP contribution in [-0.2, 0) is 12.1 Å². The second-order valence-corrected chi connectivity index (χ2v) is 5.21. The van der Waals surface area contributed by atoms with Gasteiger partial charge in [-0.25, -0.2) is 13.8 Å². The largest absolute Gasteiger partial charge is 0.330 e. The Hall–Kier alpha value is -1.40. The molecule has 1 aromatic heterocycles. The number of benzene rings is 1. The van der Waals surface area contributed by atoms with Crippen molar-refractivity contribution in [3.05, 3.63) is 53.9 Å². The quantitative estimate of drug-likeness (QED) is 0.828. The Morgan fingerprint density at radius 1 is 1.47 bits per heavy atom. The first-order valence-corrected chi connectivity index (χ1v) is 6.45. The summed E-state index contributed by atoms with van der Waals surface area (Å²) in [6, 6.07) is 6.23. The van der Waals surface area contributed by atoms with E-state index in [4.69, 9.17) is 0 Å². The summed E-state index contributed by atoms with van der Waals surface area (Å²) in [4.78, 5) is 4.03. The van der Waals surface area contributed by atoms with Crippen molar-refractivity contribution < 1.29 is 8.78 Å². The first-order valence-electron chi connectivity index (χ1n) is 5.93. The highest BCUT2D eigenvalue weighted by molar-refractivity contribution is 7.80. The van der Waals surface area contributed by atoms with Gasteiger partial charge in [0.1, 0.15) is 12.5 Å². The molecule has 1 aliphatic rings. The maximum atomic E-state index is 14.0. The average molecular weight is 281 g/mol. The molecule has 2 heterocycles. The number of hydrogen-bond donors (Lipinski definition) is 2. The number of alkyl halides is 1. The smallest absolute Gasteiger partial charge is 0.128 e. The number of aromatic nitrogens is 2. The van der Waals surface area contributed by atoms with E-state index in [0.29, 0.717) is 5.56 Å². The predicted molar refractivity (Wildman–Crippen MR) is 71.1 cm³/mol. The number of halogens is 2. The molecule has 0 saturated carbocycles. The highest BCUT2D eigenvalue weighted by Crippen LogP contribution is 2.35. The zero-order chi connectivity index (χ0) is 13.5. The second kappa shape index (κ2) is 4.61. The molecular weight excluding hydrogens is 268 g/mol. The molecule has 2 unspecified atom stereocenters. The summed E-state index contributed by atoms with van der Waals surface area (Å²) < 4.78 is 29.5. The van der Waals surface area contributed by atoms with Gasteiger partial charge in [-0.1, -0.05) is 18.2 Å². The van der Waals surface area contributed by atoms with Crippen LogP contribution >= 0.6 is 12.6 Å². The molecule has 100 valence electrons. The van der Waals surface area contributed by atoms with Gasteiger partial charge in [0.2, 0.25) is 0 Å². The van der Waals surface area contributed by atoms with Gasteiger partial charge in [0.05, 0.1) is 29.1 Å². The number of nitrogens with zero attached hydrogens (tertiary/aromatic N) is 2. The van der Waals surface area contributed by atoms with Crippen LogP contribution in [0, 0.1) is 5.82 Å². The molecule has 0 bridgehead atoms. The summed E-state index contributed by atoms with van der Waals surface area (Å²) in [6.45, 7) is -0.431. The highest BCUT2D eigenvalue weighted by atomic mass is 32.1. The van der Waals surface area contributed by atoms with Gasteiger partial charge in [-0.2, -0.15) is 12.6 Å². The molecule has 0 spiro atoms.